The maximum absolute atomic E-state index is 12.5. The second kappa shape index (κ2) is 7.10. The Morgan fingerprint density at radius 1 is 1.27 bits per heavy atom. The van der Waals surface area contributed by atoms with E-state index in [0.717, 1.165) is 21.6 Å². The number of benzene rings is 1. The molecule has 122 valence electrons. The molecule has 1 fully saturated rings. The molecule has 5 nitrogen and oxygen atoms in total. The van der Waals surface area contributed by atoms with Crippen molar-refractivity contribution in [3.63, 3.8) is 0 Å². The van der Waals surface area contributed by atoms with Crippen LogP contribution in [0, 0.1) is 5.92 Å². The van der Waals surface area contributed by atoms with Crippen LogP contribution in [0.2, 0.25) is 0 Å². The first-order chi connectivity index (χ1) is 10.3. The number of piperidine rings is 1. The Morgan fingerprint density at radius 3 is 2.36 bits per heavy atom. The van der Waals surface area contributed by atoms with E-state index in [1.165, 1.54) is 19.2 Å². The predicted molar refractivity (Wildman–Crippen MR) is 88.9 cm³/mol. The van der Waals surface area contributed by atoms with Gasteiger partial charge in [0, 0.05) is 24.6 Å². The molecule has 0 bridgehead atoms. The van der Waals surface area contributed by atoms with E-state index < -0.39 is 10.0 Å². The van der Waals surface area contributed by atoms with Gasteiger partial charge in [-0.25, -0.2) is 8.42 Å². The molecule has 0 atom stereocenters. The van der Waals surface area contributed by atoms with Crippen LogP contribution in [0.3, 0.4) is 0 Å². The maximum atomic E-state index is 12.5. The van der Waals surface area contributed by atoms with Crippen LogP contribution in [0.4, 0.5) is 0 Å². The van der Waals surface area contributed by atoms with Gasteiger partial charge in [0.15, 0.2) is 0 Å². The van der Waals surface area contributed by atoms with Crippen LogP contribution in [-0.2, 0) is 14.8 Å². The third kappa shape index (κ3) is 4.08. The quantitative estimate of drug-likeness (QED) is 0.794. The molecule has 1 aromatic carbocycles. The number of likely N-dealkylation sites (tertiary alicyclic amines) is 1. The molecule has 2 rings (SSSR count). The average Bonchev–Trinajstić information content (AvgIpc) is 2.48. The molecule has 1 saturated heterocycles. The van der Waals surface area contributed by atoms with Gasteiger partial charge < -0.3 is 4.90 Å². The average molecular weight is 389 g/mol. The van der Waals surface area contributed by atoms with Gasteiger partial charge in [-0.15, -0.1) is 0 Å². The van der Waals surface area contributed by atoms with E-state index in [0.29, 0.717) is 19.0 Å². The zero-order valence-electron chi connectivity index (χ0n) is 12.8. The molecule has 1 aliphatic rings. The van der Waals surface area contributed by atoms with E-state index in [2.05, 4.69) is 22.9 Å². The summed E-state index contributed by atoms with van der Waals surface area (Å²) in [4.78, 5) is 14.2. The smallest absolute Gasteiger partial charge is 0.243 e. The number of hydrogen-bond acceptors (Lipinski definition) is 3. The van der Waals surface area contributed by atoms with Crippen molar-refractivity contribution in [1.29, 1.82) is 0 Å². The molecular formula is C15H21BrN2O3S. The first-order valence-corrected chi connectivity index (χ1v) is 9.53. The summed E-state index contributed by atoms with van der Waals surface area (Å²) in [7, 11) is -2.19. The highest BCUT2D eigenvalue weighted by atomic mass is 79.9. The first-order valence-electron chi connectivity index (χ1n) is 7.30. The van der Waals surface area contributed by atoms with Crippen LogP contribution in [0.1, 0.15) is 19.8 Å². The molecule has 0 spiro atoms. The summed E-state index contributed by atoms with van der Waals surface area (Å²) in [6.07, 6.45) is 1.96. The molecule has 0 radical (unpaired) electrons. The molecule has 1 heterocycles. The second-order valence-electron chi connectivity index (χ2n) is 5.78. The Morgan fingerprint density at radius 2 is 1.82 bits per heavy atom. The minimum absolute atomic E-state index is 0.118. The standard InChI is InChI=1S/C15H21BrN2O3S/c1-12-7-9-18(10-8-12)15(19)11-17(2)22(20,21)14-5-3-13(16)4-6-14/h3-6,12H,7-11H2,1-2H3. The number of nitrogens with zero attached hydrogens (tertiary/aromatic N) is 2. The molecule has 0 aromatic heterocycles. The summed E-state index contributed by atoms with van der Waals surface area (Å²) in [6, 6.07) is 6.41. The van der Waals surface area contributed by atoms with Crippen molar-refractivity contribution in [3.05, 3.63) is 28.7 Å². The van der Waals surface area contributed by atoms with Crippen molar-refractivity contribution in [2.45, 2.75) is 24.7 Å². The normalized spacial score (nSPS) is 17.0. The molecule has 0 unspecified atom stereocenters. The Kier molecular flexibility index (Phi) is 5.63. The predicted octanol–water partition coefficient (Wildman–Crippen LogP) is 2.33. The van der Waals surface area contributed by atoms with Gasteiger partial charge in [0.2, 0.25) is 15.9 Å². The van der Waals surface area contributed by atoms with Gasteiger partial charge in [0.05, 0.1) is 11.4 Å². The summed E-state index contributed by atoms with van der Waals surface area (Å²) in [6.45, 7) is 3.48. The highest BCUT2D eigenvalue weighted by molar-refractivity contribution is 9.10. The van der Waals surface area contributed by atoms with Crippen LogP contribution in [0.25, 0.3) is 0 Å². The molecular weight excluding hydrogens is 368 g/mol. The van der Waals surface area contributed by atoms with Gasteiger partial charge in [-0.3, -0.25) is 4.79 Å². The van der Waals surface area contributed by atoms with E-state index in [1.807, 2.05) is 0 Å². The van der Waals surface area contributed by atoms with Crippen LogP contribution in [-0.4, -0.2) is 50.2 Å². The number of likely N-dealkylation sites (N-methyl/N-ethyl adjacent to an activating group) is 1. The number of hydrogen-bond donors (Lipinski definition) is 0. The summed E-state index contributed by atoms with van der Waals surface area (Å²) < 4.78 is 26.8. The van der Waals surface area contributed by atoms with Crippen molar-refractivity contribution < 1.29 is 13.2 Å². The Balaban J connectivity index is 2.03. The number of carbonyl (C=O) groups excluding carboxylic acids is 1. The highest BCUT2D eigenvalue weighted by Gasteiger charge is 2.26. The van der Waals surface area contributed by atoms with E-state index >= 15 is 0 Å². The fraction of sp³-hybridized carbons (Fsp3) is 0.533. The third-order valence-electron chi connectivity index (χ3n) is 4.02. The Bertz CT molecular complexity index is 623. The minimum Gasteiger partial charge on any atom is -0.342 e. The lowest BCUT2D eigenvalue weighted by atomic mass is 9.99. The molecule has 1 aromatic rings. The van der Waals surface area contributed by atoms with E-state index in [-0.39, 0.29) is 17.3 Å². The van der Waals surface area contributed by atoms with E-state index in [1.54, 1.807) is 17.0 Å². The zero-order valence-corrected chi connectivity index (χ0v) is 15.2. The van der Waals surface area contributed by atoms with Crippen LogP contribution < -0.4 is 0 Å². The van der Waals surface area contributed by atoms with Crippen molar-refractivity contribution in [2.75, 3.05) is 26.7 Å². The zero-order chi connectivity index (χ0) is 16.3. The number of sulfonamides is 1. The topological polar surface area (TPSA) is 57.7 Å². The summed E-state index contributed by atoms with van der Waals surface area (Å²) in [5, 5.41) is 0. The van der Waals surface area contributed by atoms with Gasteiger partial charge in [0.1, 0.15) is 0 Å². The molecule has 0 aliphatic carbocycles. The lowest BCUT2D eigenvalue weighted by Gasteiger charge is -2.31. The Hall–Kier alpha value is -0.920. The molecule has 0 saturated carbocycles. The molecule has 1 amide bonds. The van der Waals surface area contributed by atoms with Gasteiger partial charge in [-0.2, -0.15) is 4.31 Å². The fourth-order valence-corrected chi connectivity index (χ4v) is 3.80. The first kappa shape index (κ1) is 17.4. The summed E-state index contributed by atoms with van der Waals surface area (Å²) in [5.74, 6) is 0.503. The van der Waals surface area contributed by atoms with Crippen LogP contribution in [0.15, 0.2) is 33.6 Å². The van der Waals surface area contributed by atoms with Crippen molar-refractivity contribution in [1.82, 2.24) is 9.21 Å². The van der Waals surface area contributed by atoms with Crippen LogP contribution >= 0.6 is 15.9 Å². The number of carbonyl (C=O) groups is 1. The van der Waals surface area contributed by atoms with Crippen molar-refractivity contribution >= 4 is 31.9 Å². The van der Waals surface area contributed by atoms with E-state index in [9.17, 15) is 13.2 Å². The molecule has 1 aliphatic heterocycles. The minimum atomic E-state index is -3.64. The molecule has 0 N–H and O–H groups in total. The number of rotatable bonds is 4. The molecule has 7 heteroatoms. The van der Waals surface area contributed by atoms with Gasteiger partial charge in [0.25, 0.3) is 0 Å². The highest BCUT2D eigenvalue weighted by Crippen LogP contribution is 2.19. The van der Waals surface area contributed by atoms with Crippen molar-refractivity contribution in [3.8, 4) is 0 Å². The largest absolute Gasteiger partial charge is 0.342 e. The lowest BCUT2D eigenvalue weighted by molar-refractivity contribution is -0.132. The monoisotopic (exact) mass is 388 g/mol. The number of halogens is 1. The lowest BCUT2D eigenvalue weighted by Crippen LogP contribution is -2.44. The Labute approximate surface area is 140 Å². The van der Waals surface area contributed by atoms with Gasteiger partial charge >= 0.3 is 0 Å². The maximum Gasteiger partial charge on any atom is 0.243 e. The third-order valence-corrected chi connectivity index (χ3v) is 6.36. The number of amides is 1. The molecule has 22 heavy (non-hydrogen) atoms. The van der Waals surface area contributed by atoms with Gasteiger partial charge in [-0.05, 0) is 43.0 Å². The SMILES string of the molecule is CC1CCN(C(=O)CN(C)S(=O)(=O)c2ccc(Br)cc2)CC1. The fourth-order valence-electron chi connectivity index (χ4n) is 2.42. The summed E-state index contributed by atoms with van der Waals surface area (Å²) >= 11 is 3.28. The van der Waals surface area contributed by atoms with Gasteiger partial charge in [-0.1, -0.05) is 22.9 Å². The summed E-state index contributed by atoms with van der Waals surface area (Å²) in [5.41, 5.74) is 0. The van der Waals surface area contributed by atoms with Crippen molar-refractivity contribution in [2.24, 2.45) is 5.92 Å². The van der Waals surface area contributed by atoms with Crippen LogP contribution in [0.5, 0.6) is 0 Å². The second-order valence-corrected chi connectivity index (χ2v) is 8.74. The van der Waals surface area contributed by atoms with E-state index in [4.69, 9.17) is 0 Å².